The second-order valence-electron chi connectivity index (χ2n) is 6.44. The second kappa shape index (κ2) is 6.24. The molecule has 1 aliphatic heterocycles. The van der Waals surface area contributed by atoms with E-state index in [1.54, 1.807) is 24.3 Å². The van der Waals surface area contributed by atoms with Gasteiger partial charge in [0.25, 0.3) is 11.8 Å². The van der Waals surface area contributed by atoms with Crippen molar-refractivity contribution in [1.82, 2.24) is 9.88 Å². The van der Waals surface area contributed by atoms with Crippen molar-refractivity contribution >= 4 is 55.2 Å². The molecule has 3 aromatic carbocycles. The molecule has 3 amide bonds. The van der Waals surface area contributed by atoms with Gasteiger partial charge in [-0.3, -0.25) is 19.3 Å². The number of aromatic nitrogens is 1. The lowest BCUT2D eigenvalue weighted by Gasteiger charge is -2.12. The number of rotatable bonds is 3. The number of thiazole rings is 1. The van der Waals surface area contributed by atoms with Crippen LogP contribution in [-0.4, -0.2) is 34.2 Å². The van der Waals surface area contributed by atoms with Crippen molar-refractivity contribution in [2.24, 2.45) is 0 Å². The highest BCUT2D eigenvalue weighted by Crippen LogP contribution is 2.31. The minimum atomic E-state index is -0.460. The smallest absolute Gasteiger partial charge is 0.262 e. The average Bonchev–Trinajstić information content (AvgIpc) is 3.23. The number of carbonyl (C=O) groups is 3. The Morgan fingerprint density at radius 3 is 2.36 bits per heavy atom. The number of anilines is 1. The van der Waals surface area contributed by atoms with Gasteiger partial charge in [0.15, 0.2) is 5.13 Å². The van der Waals surface area contributed by atoms with Gasteiger partial charge in [-0.25, -0.2) is 4.98 Å². The standard InChI is InChI=1S/C21H13N3O3S/c25-17(11-24-19(26)14-7-3-4-8-15(14)20(24)27)22-21-23-18-13-6-2-1-5-12(13)9-10-16(18)28-21/h1-10H,11H2,(H,22,23,25). The van der Waals surface area contributed by atoms with Crippen molar-refractivity contribution in [2.45, 2.75) is 0 Å². The fourth-order valence-corrected chi connectivity index (χ4v) is 4.30. The van der Waals surface area contributed by atoms with E-state index in [2.05, 4.69) is 10.3 Å². The van der Waals surface area contributed by atoms with Crippen molar-refractivity contribution in [3.05, 3.63) is 71.8 Å². The average molecular weight is 387 g/mol. The Morgan fingerprint density at radius 2 is 1.61 bits per heavy atom. The molecular weight excluding hydrogens is 374 g/mol. The molecule has 7 heteroatoms. The first-order valence-electron chi connectivity index (χ1n) is 8.65. The van der Waals surface area contributed by atoms with E-state index in [1.807, 2.05) is 36.4 Å². The molecule has 0 saturated heterocycles. The first-order valence-corrected chi connectivity index (χ1v) is 9.47. The van der Waals surface area contributed by atoms with Crippen molar-refractivity contribution in [3.8, 4) is 0 Å². The van der Waals surface area contributed by atoms with Gasteiger partial charge in [-0.15, -0.1) is 0 Å². The molecule has 28 heavy (non-hydrogen) atoms. The molecule has 0 aliphatic carbocycles. The molecule has 136 valence electrons. The van der Waals surface area contributed by atoms with Crippen LogP contribution in [-0.2, 0) is 4.79 Å². The van der Waals surface area contributed by atoms with E-state index in [-0.39, 0.29) is 6.54 Å². The minimum Gasteiger partial charge on any atom is -0.300 e. The largest absolute Gasteiger partial charge is 0.300 e. The minimum absolute atomic E-state index is 0.326. The third kappa shape index (κ3) is 2.56. The van der Waals surface area contributed by atoms with E-state index >= 15 is 0 Å². The van der Waals surface area contributed by atoms with Crippen LogP contribution in [0.2, 0.25) is 0 Å². The van der Waals surface area contributed by atoms with E-state index < -0.39 is 17.7 Å². The summed E-state index contributed by atoms with van der Waals surface area (Å²) < 4.78 is 0.953. The first kappa shape index (κ1) is 16.6. The van der Waals surface area contributed by atoms with Crippen molar-refractivity contribution in [1.29, 1.82) is 0 Å². The maximum Gasteiger partial charge on any atom is 0.262 e. The molecule has 0 fully saturated rings. The molecule has 0 bridgehead atoms. The number of benzene rings is 3. The molecule has 6 nitrogen and oxygen atoms in total. The van der Waals surface area contributed by atoms with Gasteiger partial charge in [0.05, 0.1) is 21.3 Å². The van der Waals surface area contributed by atoms with Gasteiger partial charge < -0.3 is 5.32 Å². The lowest BCUT2D eigenvalue weighted by atomic mass is 10.1. The van der Waals surface area contributed by atoms with Crippen LogP contribution in [0.15, 0.2) is 60.7 Å². The summed E-state index contributed by atoms with van der Waals surface area (Å²) >= 11 is 1.36. The summed E-state index contributed by atoms with van der Waals surface area (Å²) in [7, 11) is 0. The van der Waals surface area contributed by atoms with E-state index in [0.29, 0.717) is 16.3 Å². The van der Waals surface area contributed by atoms with Gasteiger partial charge in [-0.05, 0) is 23.6 Å². The van der Waals surface area contributed by atoms with Gasteiger partial charge >= 0.3 is 0 Å². The van der Waals surface area contributed by atoms with E-state index in [9.17, 15) is 14.4 Å². The first-order chi connectivity index (χ1) is 13.6. The van der Waals surface area contributed by atoms with Crippen LogP contribution in [0.4, 0.5) is 5.13 Å². The van der Waals surface area contributed by atoms with Gasteiger partial charge in [-0.1, -0.05) is 53.8 Å². The second-order valence-corrected chi connectivity index (χ2v) is 7.47. The summed E-state index contributed by atoms with van der Waals surface area (Å²) in [6.07, 6.45) is 0. The zero-order valence-corrected chi connectivity index (χ0v) is 15.3. The molecule has 5 rings (SSSR count). The maximum atomic E-state index is 12.5. The Labute approximate surface area is 163 Å². The number of nitrogens with one attached hydrogen (secondary N) is 1. The lowest BCUT2D eigenvalue weighted by Crippen LogP contribution is -2.37. The number of hydrogen-bond acceptors (Lipinski definition) is 5. The molecule has 1 aliphatic rings. The van der Waals surface area contributed by atoms with Crippen LogP contribution in [0.1, 0.15) is 20.7 Å². The van der Waals surface area contributed by atoms with Gasteiger partial charge in [0.1, 0.15) is 6.54 Å². The van der Waals surface area contributed by atoms with E-state index in [1.165, 1.54) is 11.3 Å². The topological polar surface area (TPSA) is 79.4 Å². The normalized spacial score (nSPS) is 13.4. The third-order valence-electron chi connectivity index (χ3n) is 4.71. The van der Waals surface area contributed by atoms with Crippen molar-refractivity contribution < 1.29 is 14.4 Å². The summed E-state index contributed by atoms with van der Waals surface area (Å²) in [5, 5.41) is 5.24. The molecule has 2 heterocycles. The highest BCUT2D eigenvalue weighted by atomic mass is 32.1. The number of amides is 3. The molecule has 0 radical (unpaired) electrons. The Hall–Kier alpha value is -3.58. The maximum absolute atomic E-state index is 12.5. The number of hydrogen-bond donors (Lipinski definition) is 1. The van der Waals surface area contributed by atoms with Crippen LogP contribution < -0.4 is 5.32 Å². The molecule has 1 aromatic heterocycles. The summed E-state index contributed by atoms with van der Waals surface area (Å²) in [5.74, 6) is -1.37. The fraction of sp³-hybridized carbons (Fsp3) is 0.0476. The quantitative estimate of drug-likeness (QED) is 0.544. The lowest BCUT2D eigenvalue weighted by molar-refractivity contribution is -0.116. The number of nitrogens with zero attached hydrogens (tertiary/aromatic N) is 2. The number of fused-ring (bicyclic) bond motifs is 4. The number of imide groups is 1. The van der Waals surface area contributed by atoms with E-state index in [0.717, 1.165) is 25.9 Å². The molecule has 0 unspecified atom stereocenters. The monoisotopic (exact) mass is 387 g/mol. The molecule has 4 aromatic rings. The molecular formula is C21H13N3O3S. The van der Waals surface area contributed by atoms with Crippen LogP contribution >= 0.6 is 11.3 Å². The van der Waals surface area contributed by atoms with Crippen LogP contribution in [0.3, 0.4) is 0 Å². The van der Waals surface area contributed by atoms with Crippen LogP contribution in [0, 0.1) is 0 Å². The predicted octanol–water partition coefficient (Wildman–Crippen LogP) is 3.68. The highest BCUT2D eigenvalue weighted by Gasteiger charge is 2.36. The summed E-state index contributed by atoms with van der Waals surface area (Å²) in [5.41, 5.74) is 1.47. The van der Waals surface area contributed by atoms with Crippen LogP contribution in [0.5, 0.6) is 0 Å². The number of carbonyl (C=O) groups excluding carboxylic acids is 3. The third-order valence-corrected chi connectivity index (χ3v) is 5.65. The Balaban J connectivity index is 1.38. The van der Waals surface area contributed by atoms with Gasteiger partial charge in [0.2, 0.25) is 5.91 Å². The molecule has 0 spiro atoms. The zero-order valence-electron chi connectivity index (χ0n) is 14.5. The summed E-state index contributed by atoms with van der Waals surface area (Å²) in [4.78, 5) is 42.7. The molecule has 1 N–H and O–H groups in total. The Morgan fingerprint density at radius 1 is 0.929 bits per heavy atom. The molecule has 0 saturated carbocycles. The zero-order chi connectivity index (χ0) is 19.3. The SMILES string of the molecule is O=C(CN1C(=O)c2ccccc2C1=O)Nc1nc2c(ccc3ccccc32)s1. The fourth-order valence-electron chi connectivity index (χ4n) is 3.40. The van der Waals surface area contributed by atoms with E-state index in [4.69, 9.17) is 0 Å². The Kier molecular flexibility index (Phi) is 3.70. The molecule has 0 atom stereocenters. The van der Waals surface area contributed by atoms with Gasteiger partial charge in [-0.2, -0.15) is 0 Å². The van der Waals surface area contributed by atoms with Crippen LogP contribution in [0.25, 0.3) is 21.0 Å². The van der Waals surface area contributed by atoms with Gasteiger partial charge in [0, 0.05) is 5.39 Å². The predicted molar refractivity (Wildman–Crippen MR) is 108 cm³/mol. The summed E-state index contributed by atoms with van der Waals surface area (Å²) in [6, 6.07) is 18.5. The highest BCUT2D eigenvalue weighted by molar-refractivity contribution is 7.22. The van der Waals surface area contributed by atoms with Crippen molar-refractivity contribution in [3.63, 3.8) is 0 Å². The van der Waals surface area contributed by atoms with Crippen molar-refractivity contribution in [2.75, 3.05) is 11.9 Å². The Bertz CT molecular complexity index is 1260. The summed E-state index contributed by atoms with van der Waals surface area (Å²) in [6.45, 7) is -0.344.